The Labute approximate surface area is 123 Å². The molecular formula is C13H17ClN2O3S. The third-order valence-electron chi connectivity index (χ3n) is 3.56. The van der Waals surface area contributed by atoms with Crippen LogP contribution in [0.5, 0.6) is 0 Å². The van der Waals surface area contributed by atoms with Gasteiger partial charge in [-0.05, 0) is 37.2 Å². The van der Waals surface area contributed by atoms with Crippen LogP contribution in [-0.2, 0) is 14.6 Å². The molecule has 0 saturated carbocycles. The zero-order chi connectivity index (χ0) is 14.9. The van der Waals surface area contributed by atoms with Gasteiger partial charge >= 0.3 is 0 Å². The summed E-state index contributed by atoms with van der Waals surface area (Å²) >= 11 is 6.00. The van der Waals surface area contributed by atoms with Crippen molar-refractivity contribution in [1.29, 1.82) is 0 Å². The molecule has 1 aliphatic rings. The third-order valence-corrected chi connectivity index (χ3v) is 5.00. The standard InChI is InChI=1S/C13H17ClN2O3S/c1-8(9-6-15-7-9)13(17)16-12-5-10(20(2,18)19)3-4-11(12)14/h3-5,8-9,15H,6-7H2,1-2H3,(H,16,17). The zero-order valence-corrected chi connectivity index (χ0v) is 12.9. The maximum absolute atomic E-state index is 12.1. The Bertz CT molecular complexity index is 627. The van der Waals surface area contributed by atoms with Crippen LogP contribution in [0.25, 0.3) is 0 Å². The molecule has 1 heterocycles. The summed E-state index contributed by atoms with van der Waals surface area (Å²) in [6, 6.07) is 4.29. The van der Waals surface area contributed by atoms with Crippen molar-refractivity contribution in [2.75, 3.05) is 24.7 Å². The van der Waals surface area contributed by atoms with E-state index in [1.165, 1.54) is 18.2 Å². The molecule has 1 saturated heterocycles. The molecule has 0 spiro atoms. The molecule has 1 fully saturated rings. The fourth-order valence-corrected chi connectivity index (χ4v) is 2.77. The minimum absolute atomic E-state index is 0.134. The number of carbonyl (C=O) groups excluding carboxylic acids is 1. The topological polar surface area (TPSA) is 75.3 Å². The van der Waals surface area contributed by atoms with Gasteiger partial charge in [0.05, 0.1) is 15.6 Å². The smallest absolute Gasteiger partial charge is 0.227 e. The predicted molar refractivity (Wildman–Crippen MR) is 78.7 cm³/mol. The average Bonchev–Trinajstić information content (AvgIpc) is 2.28. The van der Waals surface area contributed by atoms with E-state index < -0.39 is 9.84 Å². The summed E-state index contributed by atoms with van der Waals surface area (Å²) in [7, 11) is -3.33. The lowest BCUT2D eigenvalue weighted by Gasteiger charge is -2.31. The average molecular weight is 317 g/mol. The summed E-state index contributed by atoms with van der Waals surface area (Å²) < 4.78 is 23.0. The van der Waals surface area contributed by atoms with Crippen LogP contribution in [0.4, 0.5) is 5.69 Å². The Balaban J connectivity index is 2.18. The largest absolute Gasteiger partial charge is 0.324 e. The maximum Gasteiger partial charge on any atom is 0.227 e. The van der Waals surface area contributed by atoms with Crippen LogP contribution in [0.3, 0.4) is 0 Å². The molecule has 0 bridgehead atoms. The number of carbonyl (C=O) groups is 1. The van der Waals surface area contributed by atoms with Crippen molar-refractivity contribution in [3.8, 4) is 0 Å². The summed E-state index contributed by atoms with van der Waals surface area (Å²) in [4.78, 5) is 12.2. The van der Waals surface area contributed by atoms with Gasteiger partial charge in [0, 0.05) is 12.2 Å². The number of halogens is 1. The first-order chi connectivity index (χ1) is 9.29. The number of sulfone groups is 1. The molecule has 0 aromatic heterocycles. The molecule has 2 rings (SSSR count). The second-order valence-electron chi connectivity index (χ2n) is 5.11. The molecule has 2 N–H and O–H groups in total. The van der Waals surface area contributed by atoms with Gasteiger partial charge in [0.1, 0.15) is 0 Å². The van der Waals surface area contributed by atoms with E-state index in [4.69, 9.17) is 11.6 Å². The van der Waals surface area contributed by atoms with Gasteiger partial charge in [0.15, 0.2) is 9.84 Å². The Kier molecular flexibility index (Phi) is 4.36. The molecular weight excluding hydrogens is 300 g/mol. The lowest BCUT2D eigenvalue weighted by atomic mass is 9.88. The third kappa shape index (κ3) is 3.31. The molecule has 1 aromatic rings. The summed E-state index contributed by atoms with van der Waals surface area (Å²) in [6.45, 7) is 3.51. The molecule has 20 heavy (non-hydrogen) atoms. The minimum atomic E-state index is -3.33. The van der Waals surface area contributed by atoms with Crippen molar-refractivity contribution in [2.24, 2.45) is 11.8 Å². The van der Waals surface area contributed by atoms with Gasteiger partial charge in [-0.25, -0.2) is 8.42 Å². The number of hydrogen-bond donors (Lipinski definition) is 2. The van der Waals surface area contributed by atoms with Crippen molar-refractivity contribution in [2.45, 2.75) is 11.8 Å². The summed E-state index contributed by atoms with van der Waals surface area (Å²) in [6.07, 6.45) is 1.12. The van der Waals surface area contributed by atoms with E-state index in [9.17, 15) is 13.2 Å². The predicted octanol–water partition coefficient (Wildman–Crippen LogP) is 1.54. The number of benzene rings is 1. The highest BCUT2D eigenvalue weighted by Gasteiger charge is 2.29. The molecule has 0 radical (unpaired) electrons. The van der Waals surface area contributed by atoms with Gasteiger partial charge in [-0.15, -0.1) is 0 Å². The fraction of sp³-hybridized carbons (Fsp3) is 0.462. The minimum Gasteiger partial charge on any atom is -0.324 e. The van der Waals surface area contributed by atoms with Crippen molar-refractivity contribution in [3.05, 3.63) is 23.2 Å². The first kappa shape index (κ1) is 15.3. The van der Waals surface area contributed by atoms with Gasteiger partial charge in [-0.2, -0.15) is 0 Å². The van der Waals surface area contributed by atoms with Gasteiger partial charge < -0.3 is 10.6 Å². The van der Waals surface area contributed by atoms with Gasteiger partial charge in [0.2, 0.25) is 5.91 Å². The number of amides is 1. The quantitative estimate of drug-likeness (QED) is 0.883. The molecule has 1 aliphatic heterocycles. The van der Waals surface area contributed by atoms with Gasteiger partial charge in [-0.3, -0.25) is 4.79 Å². The van der Waals surface area contributed by atoms with E-state index in [1.807, 2.05) is 6.92 Å². The van der Waals surface area contributed by atoms with E-state index in [1.54, 1.807) is 0 Å². The number of hydrogen-bond acceptors (Lipinski definition) is 4. The Morgan fingerprint density at radius 2 is 2.10 bits per heavy atom. The summed E-state index contributed by atoms with van der Waals surface area (Å²) in [5, 5.41) is 6.15. The molecule has 1 atom stereocenters. The molecule has 0 aliphatic carbocycles. The van der Waals surface area contributed by atoms with Crippen LogP contribution in [-0.4, -0.2) is 33.7 Å². The van der Waals surface area contributed by atoms with Crippen LogP contribution < -0.4 is 10.6 Å². The first-order valence-electron chi connectivity index (χ1n) is 6.30. The van der Waals surface area contributed by atoms with E-state index in [-0.39, 0.29) is 16.7 Å². The van der Waals surface area contributed by atoms with E-state index in [2.05, 4.69) is 10.6 Å². The normalized spacial score (nSPS) is 17.4. The second-order valence-corrected chi connectivity index (χ2v) is 7.53. The van der Waals surface area contributed by atoms with E-state index in [0.29, 0.717) is 16.6 Å². The molecule has 5 nitrogen and oxygen atoms in total. The van der Waals surface area contributed by atoms with Crippen molar-refractivity contribution < 1.29 is 13.2 Å². The monoisotopic (exact) mass is 316 g/mol. The van der Waals surface area contributed by atoms with Gasteiger partial charge in [0.25, 0.3) is 0 Å². The molecule has 1 amide bonds. The Hall–Kier alpha value is -1.11. The SMILES string of the molecule is CC(C(=O)Nc1cc(S(C)(=O)=O)ccc1Cl)C1CNC1. The van der Waals surface area contributed by atoms with Crippen LogP contribution in [0, 0.1) is 11.8 Å². The lowest BCUT2D eigenvalue weighted by Crippen LogP contribution is -2.48. The fourth-order valence-electron chi connectivity index (χ4n) is 1.96. The number of nitrogens with one attached hydrogen (secondary N) is 2. The second kappa shape index (κ2) is 5.71. The van der Waals surface area contributed by atoms with Crippen LogP contribution >= 0.6 is 11.6 Å². The highest BCUT2D eigenvalue weighted by atomic mass is 35.5. The van der Waals surface area contributed by atoms with Crippen LogP contribution in [0.2, 0.25) is 5.02 Å². The maximum atomic E-state index is 12.1. The highest BCUT2D eigenvalue weighted by molar-refractivity contribution is 7.90. The summed E-state index contributed by atoms with van der Waals surface area (Å²) in [5.74, 6) is 0.0186. The van der Waals surface area contributed by atoms with Crippen molar-refractivity contribution in [3.63, 3.8) is 0 Å². The van der Waals surface area contributed by atoms with Gasteiger partial charge in [-0.1, -0.05) is 18.5 Å². The molecule has 1 aromatic carbocycles. The van der Waals surface area contributed by atoms with Crippen molar-refractivity contribution in [1.82, 2.24) is 5.32 Å². The molecule has 7 heteroatoms. The van der Waals surface area contributed by atoms with E-state index >= 15 is 0 Å². The first-order valence-corrected chi connectivity index (χ1v) is 8.57. The number of rotatable bonds is 4. The van der Waals surface area contributed by atoms with Crippen LogP contribution in [0.15, 0.2) is 23.1 Å². The summed E-state index contributed by atoms with van der Waals surface area (Å²) in [5.41, 5.74) is 0.332. The molecule has 110 valence electrons. The van der Waals surface area contributed by atoms with Crippen molar-refractivity contribution >= 4 is 33.0 Å². The molecule has 1 unspecified atom stereocenters. The number of anilines is 1. The zero-order valence-electron chi connectivity index (χ0n) is 11.3. The lowest BCUT2D eigenvalue weighted by molar-refractivity contribution is -0.121. The highest BCUT2D eigenvalue weighted by Crippen LogP contribution is 2.27. The van der Waals surface area contributed by atoms with E-state index in [0.717, 1.165) is 19.3 Å². The Morgan fingerprint density at radius 3 is 2.60 bits per heavy atom. The van der Waals surface area contributed by atoms with Crippen LogP contribution in [0.1, 0.15) is 6.92 Å². The Morgan fingerprint density at radius 1 is 1.45 bits per heavy atom.